The van der Waals surface area contributed by atoms with Crippen molar-refractivity contribution in [1.29, 1.82) is 0 Å². The Morgan fingerprint density at radius 3 is 2.59 bits per heavy atom. The first-order chi connectivity index (χ1) is 8.31. The van der Waals surface area contributed by atoms with Gasteiger partial charge in [0.1, 0.15) is 5.88 Å². The fourth-order valence-electron chi connectivity index (χ4n) is 2.95. The fourth-order valence-corrected chi connectivity index (χ4v) is 4.32. The molecule has 1 unspecified atom stereocenters. The molecule has 2 rings (SSSR count). The van der Waals surface area contributed by atoms with E-state index in [1.165, 1.54) is 37.9 Å². The number of amides is 1. The Hall–Kier alpha value is 0.110. The monoisotopic (exact) mass is 275 g/mol. The predicted molar refractivity (Wildman–Crippen MR) is 74.7 cm³/mol. The van der Waals surface area contributed by atoms with Crippen molar-refractivity contribution in [2.75, 3.05) is 23.9 Å². The first kappa shape index (κ1) is 13.5. The smallest absolute Gasteiger partial charge is 0.237 e. The molecular weight excluding hydrogens is 254 g/mol. The van der Waals surface area contributed by atoms with Gasteiger partial charge in [0.05, 0.1) is 0 Å². The van der Waals surface area contributed by atoms with Crippen LogP contribution in [-0.2, 0) is 4.79 Å². The molecule has 1 heterocycles. The second kappa shape index (κ2) is 6.89. The first-order valence-corrected chi connectivity index (χ1v) is 8.43. The zero-order chi connectivity index (χ0) is 12.1. The van der Waals surface area contributed by atoms with Crippen LogP contribution in [0.5, 0.6) is 0 Å². The maximum atomic E-state index is 12.0. The molecule has 2 fully saturated rings. The molecule has 0 aromatic carbocycles. The Labute approximate surface area is 113 Å². The molecule has 1 aliphatic heterocycles. The Balaban J connectivity index is 1.91. The van der Waals surface area contributed by atoms with Gasteiger partial charge in [-0.15, -0.1) is 11.6 Å². The molecule has 1 amide bonds. The highest BCUT2D eigenvalue weighted by atomic mass is 35.5. The van der Waals surface area contributed by atoms with Crippen molar-refractivity contribution in [2.45, 2.75) is 44.6 Å². The third kappa shape index (κ3) is 3.78. The van der Waals surface area contributed by atoms with E-state index in [9.17, 15) is 4.79 Å². The molecule has 4 heteroatoms. The third-order valence-corrected chi connectivity index (χ3v) is 5.33. The SMILES string of the molecule is O=C(CCl)N(CC1CCCCC1)C1CCSC1. The number of hydrogen-bond acceptors (Lipinski definition) is 2. The molecular formula is C13H22ClNOS. The van der Waals surface area contributed by atoms with E-state index in [-0.39, 0.29) is 11.8 Å². The largest absolute Gasteiger partial charge is 0.338 e. The van der Waals surface area contributed by atoms with Crippen LogP contribution in [0.15, 0.2) is 0 Å². The minimum atomic E-state index is 0.143. The van der Waals surface area contributed by atoms with Gasteiger partial charge in [0, 0.05) is 18.3 Å². The highest BCUT2D eigenvalue weighted by Crippen LogP contribution is 2.28. The van der Waals surface area contributed by atoms with Gasteiger partial charge in [0.15, 0.2) is 0 Å². The van der Waals surface area contributed by atoms with Crippen molar-refractivity contribution >= 4 is 29.3 Å². The number of rotatable bonds is 4. The fraction of sp³-hybridized carbons (Fsp3) is 0.923. The van der Waals surface area contributed by atoms with E-state index >= 15 is 0 Å². The van der Waals surface area contributed by atoms with E-state index in [0.29, 0.717) is 6.04 Å². The summed E-state index contributed by atoms with van der Waals surface area (Å²) in [5.41, 5.74) is 0. The van der Waals surface area contributed by atoms with Gasteiger partial charge < -0.3 is 4.90 Å². The van der Waals surface area contributed by atoms with Crippen LogP contribution in [0.3, 0.4) is 0 Å². The van der Waals surface area contributed by atoms with Crippen LogP contribution < -0.4 is 0 Å². The standard InChI is InChI=1S/C13H22ClNOS/c14-8-13(16)15(12-6-7-17-10-12)9-11-4-2-1-3-5-11/h11-12H,1-10H2. The molecule has 0 N–H and O–H groups in total. The number of halogens is 1. The Morgan fingerprint density at radius 2 is 2.00 bits per heavy atom. The van der Waals surface area contributed by atoms with E-state index in [1.807, 2.05) is 11.8 Å². The molecule has 0 aromatic rings. The topological polar surface area (TPSA) is 20.3 Å². The van der Waals surface area contributed by atoms with Gasteiger partial charge in [-0.05, 0) is 30.9 Å². The van der Waals surface area contributed by atoms with Gasteiger partial charge in [0.25, 0.3) is 0 Å². The maximum Gasteiger partial charge on any atom is 0.237 e. The van der Waals surface area contributed by atoms with Crippen LogP contribution in [0.2, 0.25) is 0 Å². The molecule has 2 nitrogen and oxygen atoms in total. The zero-order valence-corrected chi connectivity index (χ0v) is 11.9. The normalized spacial score (nSPS) is 26.1. The number of alkyl halides is 1. The molecule has 17 heavy (non-hydrogen) atoms. The summed E-state index contributed by atoms with van der Waals surface area (Å²) < 4.78 is 0. The summed E-state index contributed by atoms with van der Waals surface area (Å²) in [6, 6.07) is 0.452. The number of carbonyl (C=O) groups is 1. The van der Waals surface area contributed by atoms with Crippen LogP contribution in [0.4, 0.5) is 0 Å². The Bertz CT molecular complexity index is 250. The molecule has 1 atom stereocenters. The maximum absolute atomic E-state index is 12.0. The Kier molecular flexibility index (Phi) is 5.49. The molecule has 0 bridgehead atoms. The van der Waals surface area contributed by atoms with Crippen LogP contribution >= 0.6 is 23.4 Å². The summed E-state index contributed by atoms with van der Waals surface area (Å²) in [7, 11) is 0. The summed E-state index contributed by atoms with van der Waals surface area (Å²) in [5, 5.41) is 0. The van der Waals surface area contributed by atoms with Crippen molar-refractivity contribution in [2.24, 2.45) is 5.92 Å². The van der Waals surface area contributed by atoms with Gasteiger partial charge in [-0.1, -0.05) is 19.3 Å². The van der Waals surface area contributed by atoms with Crippen molar-refractivity contribution < 1.29 is 4.79 Å². The van der Waals surface area contributed by atoms with Gasteiger partial charge >= 0.3 is 0 Å². The molecule has 1 saturated heterocycles. The Morgan fingerprint density at radius 1 is 1.24 bits per heavy atom. The molecule has 1 saturated carbocycles. The molecule has 98 valence electrons. The lowest BCUT2D eigenvalue weighted by molar-refractivity contribution is -0.131. The zero-order valence-electron chi connectivity index (χ0n) is 10.4. The highest BCUT2D eigenvalue weighted by molar-refractivity contribution is 7.99. The quantitative estimate of drug-likeness (QED) is 0.735. The molecule has 0 radical (unpaired) electrons. The lowest BCUT2D eigenvalue weighted by atomic mass is 9.88. The number of nitrogens with zero attached hydrogens (tertiary/aromatic N) is 1. The molecule has 2 aliphatic rings. The van der Waals surface area contributed by atoms with E-state index in [4.69, 9.17) is 11.6 Å². The average molecular weight is 276 g/mol. The lowest BCUT2D eigenvalue weighted by Crippen LogP contribution is -2.44. The van der Waals surface area contributed by atoms with Crippen molar-refractivity contribution in [3.63, 3.8) is 0 Å². The van der Waals surface area contributed by atoms with Gasteiger partial charge in [0.2, 0.25) is 5.91 Å². The molecule has 0 aromatic heterocycles. The number of hydrogen-bond donors (Lipinski definition) is 0. The first-order valence-electron chi connectivity index (χ1n) is 6.74. The molecule has 0 spiro atoms. The van der Waals surface area contributed by atoms with Crippen molar-refractivity contribution in [3.8, 4) is 0 Å². The lowest BCUT2D eigenvalue weighted by Gasteiger charge is -2.33. The van der Waals surface area contributed by atoms with Gasteiger partial charge in [-0.2, -0.15) is 11.8 Å². The van der Waals surface area contributed by atoms with Crippen LogP contribution in [0.1, 0.15) is 38.5 Å². The van der Waals surface area contributed by atoms with Crippen LogP contribution in [0.25, 0.3) is 0 Å². The summed E-state index contributed by atoms with van der Waals surface area (Å²) in [5.74, 6) is 3.32. The van der Waals surface area contributed by atoms with E-state index in [0.717, 1.165) is 24.6 Å². The second-order valence-corrected chi connectivity index (χ2v) is 6.62. The second-order valence-electron chi connectivity index (χ2n) is 5.20. The van der Waals surface area contributed by atoms with E-state index in [2.05, 4.69) is 4.90 Å². The average Bonchev–Trinajstić information content (AvgIpc) is 2.90. The van der Waals surface area contributed by atoms with Gasteiger partial charge in [-0.25, -0.2) is 0 Å². The van der Waals surface area contributed by atoms with Crippen LogP contribution in [0, 0.1) is 5.92 Å². The van der Waals surface area contributed by atoms with E-state index in [1.54, 1.807) is 0 Å². The number of carbonyl (C=O) groups excluding carboxylic acids is 1. The van der Waals surface area contributed by atoms with Crippen molar-refractivity contribution in [1.82, 2.24) is 4.90 Å². The number of thioether (sulfide) groups is 1. The predicted octanol–water partition coefficient (Wildman–Crippen LogP) is 3.14. The summed E-state index contributed by atoms with van der Waals surface area (Å²) >= 11 is 7.71. The minimum Gasteiger partial charge on any atom is -0.338 e. The summed E-state index contributed by atoms with van der Waals surface area (Å²) in [6.45, 7) is 0.955. The third-order valence-electron chi connectivity index (χ3n) is 3.96. The van der Waals surface area contributed by atoms with Crippen LogP contribution in [-0.4, -0.2) is 40.8 Å². The van der Waals surface area contributed by atoms with Gasteiger partial charge in [-0.3, -0.25) is 4.79 Å². The van der Waals surface area contributed by atoms with Crippen molar-refractivity contribution in [3.05, 3.63) is 0 Å². The molecule has 1 aliphatic carbocycles. The summed E-state index contributed by atoms with van der Waals surface area (Å²) in [6.07, 6.45) is 7.80. The van der Waals surface area contributed by atoms with E-state index < -0.39 is 0 Å². The minimum absolute atomic E-state index is 0.143. The summed E-state index contributed by atoms with van der Waals surface area (Å²) in [4.78, 5) is 14.0. The highest BCUT2D eigenvalue weighted by Gasteiger charge is 2.28.